The van der Waals surface area contributed by atoms with Gasteiger partial charge in [-0.1, -0.05) is 20.8 Å². The molecule has 0 radical (unpaired) electrons. The van der Waals surface area contributed by atoms with Crippen LogP contribution in [0.5, 0.6) is 0 Å². The topological polar surface area (TPSA) is 29.3 Å². The highest BCUT2D eigenvalue weighted by Gasteiger charge is 2.26. The zero-order chi connectivity index (χ0) is 9.14. The molecule has 1 aliphatic heterocycles. The summed E-state index contributed by atoms with van der Waals surface area (Å²) in [5.41, 5.74) is 5.90. The normalized spacial score (nSPS) is 34.0. The van der Waals surface area contributed by atoms with E-state index in [1.54, 1.807) is 0 Å². The van der Waals surface area contributed by atoms with E-state index in [0.29, 0.717) is 6.04 Å². The molecule has 0 aromatic carbocycles. The monoisotopic (exact) mass is 170 g/mol. The molecule has 0 aromatic rings. The summed E-state index contributed by atoms with van der Waals surface area (Å²) in [5, 5.41) is 0. The zero-order valence-corrected chi connectivity index (χ0v) is 8.59. The molecule has 0 aliphatic carbocycles. The van der Waals surface area contributed by atoms with Gasteiger partial charge in [0.15, 0.2) is 0 Å². The SMILES string of the molecule is CCC(N)CN1CC(C)C(C)C1. The van der Waals surface area contributed by atoms with Gasteiger partial charge in [0, 0.05) is 25.7 Å². The lowest BCUT2D eigenvalue weighted by atomic mass is 10.0. The predicted octanol–water partition coefficient (Wildman–Crippen LogP) is 1.31. The maximum atomic E-state index is 5.90. The fourth-order valence-electron chi connectivity index (χ4n) is 1.86. The number of hydrogen-bond donors (Lipinski definition) is 1. The van der Waals surface area contributed by atoms with Crippen LogP contribution in [0.3, 0.4) is 0 Å². The fraction of sp³-hybridized carbons (Fsp3) is 1.00. The van der Waals surface area contributed by atoms with Gasteiger partial charge in [0.1, 0.15) is 0 Å². The third kappa shape index (κ3) is 2.46. The average molecular weight is 170 g/mol. The van der Waals surface area contributed by atoms with Crippen LogP contribution in [0.25, 0.3) is 0 Å². The van der Waals surface area contributed by atoms with Crippen LogP contribution in [0, 0.1) is 11.8 Å². The second-order valence-electron chi connectivity index (χ2n) is 4.34. The van der Waals surface area contributed by atoms with Crippen molar-refractivity contribution in [2.24, 2.45) is 17.6 Å². The summed E-state index contributed by atoms with van der Waals surface area (Å²) >= 11 is 0. The number of rotatable bonds is 3. The molecule has 2 heteroatoms. The van der Waals surface area contributed by atoms with Gasteiger partial charge in [-0.3, -0.25) is 0 Å². The van der Waals surface area contributed by atoms with E-state index in [2.05, 4.69) is 25.7 Å². The van der Waals surface area contributed by atoms with Gasteiger partial charge in [0.25, 0.3) is 0 Å². The van der Waals surface area contributed by atoms with Gasteiger partial charge in [-0.2, -0.15) is 0 Å². The third-order valence-corrected chi connectivity index (χ3v) is 3.08. The molecule has 1 aliphatic rings. The molecule has 1 saturated heterocycles. The van der Waals surface area contributed by atoms with Gasteiger partial charge in [0.2, 0.25) is 0 Å². The largest absolute Gasteiger partial charge is 0.327 e. The van der Waals surface area contributed by atoms with E-state index in [1.165, 1.54) is 13.1 Å². The molecule has 1 heterocycles. The van der Waals surface area contributed by atoms with Crippen molar-refractivity contribution < 1.29 is 0 Å². The van der Waals surface area contributed by atoms with E-state index in [-0.39, 0.29) is 0 Å². The van der Waals surface area contributed by atoms with Crippen LogP contribution in [0.4, 0.5) is 0 Å². The summed E-state index contributed by atoms with van der Waals surface area (Å²) in [6.07, 6.45) is 1.10. The quantitative estimate of drug-likeness (QED) is 0.692. The van der Waals surface area contributed by atoms with Crippen molar-refractivity contribution in [3.05, 3.63) is 0 Å². The Kier molecular flexibility index (Phi) is 3.53. The van der Waals surface area contributed by atoms with Crippen LogP contribution in [0.2, 0.25) is 0 Å². The molecule has 2 N–H and O–H groups in total. The molecule has 0 amide bonds. The number of nitrogens with zero attached hydrogens (tertiary/aromatic N) is 1. The lowest BCUT2D eigenvalue weighted by Crippen LogP contribution is -2.35. The lowest BCUT2D eigenvalue weighted by Gasteiger charge is -2.19. The van der Waals surface area contributed by atoms with Crippen LogP contribution >= 0.6 is 0 Å². The van der Waals surface area contributed by atoms with E-state index < -0.39 is 0 Å². The highest BCUT2D eigenvalue weighted by molar-refractivity contribution is 4.80. The van der Waals surface area contributed by atoms with Crippen molar-refractivity contribution in [1.29, 1.82) is 0 Å². The van der Waals surface area contributed by atoms with Crippen LogP contribution in [0.1, 0.15) is 27.2 Å². The summed E-state index contributed by atoms with van der Waals surface area (Å²) in [4.78, 5) is 2.50. The minimum absolute atomic E-state index is 0.377. The lowest BCUT2D eigenvalue weighted by molar-refractivity contribution is 0.298. The first kappa shape index (κ1) is 10.0. The molecular weight excluding hydrogens is 148 g/mol. The van der Waals surface area contributed by atoms with Crippen molar-refractivity contribution in [1.82, 2.24) is 4.90 Å². The summed E-state index contributed by atoms with van der Waals surface area (Å²) in [7, 11) is 0. The van der Waals surface area contributed by atoms with Crippen molar-refractivity contribution in [2.75, 3.05) is 19.6 Å². The Hall–Kier alpha value is -0.0800. The standard InChI is InChI=1S/C10H22N2/c1-4-10(11)7-12-5-8(2)9(3)6-12/h8-10H,4-7,11H2,1-3H3. The van der Waals surface area contributed by atoms with Gasteiger partial charge in [-0.15, -0.1) is 0 Å². The van der Waals surface area contributed by atoms with Gasteiger partial charge >= 0.3 is 0 Å². The van der Waals surface area contributed by atoms with Crippen molar-refractivity contribution in [2.45, 2.75) is 33.2 Å². The van der Waals surface area contributed by atoms with Crippen LogP contribution in [-0.4, -0.2) is 30.6 Å². The fourth-order valence-corrected chi connectivity index (χ4v) is 1.86. The molecule has 72 valence electrons. The molecule has 1 rings (SSSR count). The summed E-state index contributed by atoms with van der Waals surface area (Å²) in [6.45, 7) is 10.4. The summed E-state index contributed by atoms with van der Waals surface area (Å²) in [6, 6.07) is 0.377. The van der Waals surface area contributed by atoms with Crippen molar-refractivity contribution >= 4 is 0 Å². The maximum absolute atomic E-state index is 5.90. The smallest absolute Gasteiger partial charge is 0.0165 e. The van der Waals surface area contributed by atoms with E-state index in [1.807, 2.05) is 0 Å². The molecule has 1 fully saturated rings. The van der Waals surface area contributed by atoms with Crippen molar-refractivity contribution in [3.63, 3.8) is 0 Å². The molecule has 3 atom stereocenters. The van der Waals surface area contributed by atoms with Crippen molar-refractivity contribution in [3.8, 4) is 0 Å². The van der Waals surface area contributed by atoms with E-state index in [4.69, 9.17) is 5.73 Å². The number of nitrogens with two attached hydrogens (primary N) is 1. The first-order chi connectivity index (χ1) is 5.63. The van der Waals surface area contributed by atoms with E-state index >= 15 is 0 Å². The van der Waals surface area contributed by atoms with Gasteiger partial charge in [0.05, 0.1) is 0 Å². The Morgan fingerprint density at radius 3 is 2.25 bits per heavy atom. The van der Waals surface area contributed by atoms with Gasteiger partial charge in [-0.25, -0.2) is 0 Å². The molecule has 0 saturated carbocycles. The highest BCUT2D eigenvalue weighted by Crippen LogP contribution is 2.21. The molecule has 0 aromatic heterocycles. The molecule has 3 unspecified atom stereocenters. The zero-order valence-electron chi connectivity index (χ0n) is 8.59. The second-order valence-corrected chi connectivity index (χ2v) is 4.34. The molecule has 0 spiro atoms. The van der Waals surface area contributed by atoms with Gasteiger partial charge < -0.3 is 10.6 Å². The molecular formula is C10H22N2. The number of hydrogen-bond acceptors (Lipinski definition) is 2. The van der Waals surface area contributed by atoms with Crippen LogP contribution in [-0.2, 0) is 0 Å². The highest BCUT2D eigenvalue weighted by atomic mass is 15.2. The first-order valence-electron chi connectivity index (χ1n) is 5.11. The average Bonchev–Trinajstić information content (AvgIpc) is 2.31. The molecule has 2 nitrogen and oxygen atoms in total. The Bertz CT molecular complexity index is 126. The first-order valence-corrected chi connectivity index (χ1v) is 5.11. The third-order valence-electron chi connectivity index (χ3n) is 3.08. The Balaban J connectivity index is 2.27. The van der Waals surface area contributed by atoms with Crippen LogP contribution < -0.4 is 5.73 Å². The minimum Gasteiger partial charge on any atom is -0.327 e. The van der Waals surface area contributed by atoms with Crippen LogP contribution in [0.15, 0.2) is 0 Å². The Labute approximate surface area is 76.1 Å². The Morgan fingerprint density at radius 1 is 1.33 bits per heavy atom. The van der Waals surface area contributed by atoms with Gasteiger partial charge in [-0.05, 0) is 18.3 Å². The minimum atomic E-state index is 0.377. The number of likely N-dealkylation sites (tertiary alicyclic amines) is 1. The Morgan fingerprint density at radius 2 is 1.83 bits per heavy atom. The molecule has 0 bridgehead atoms. The summed E-state index contributed by atoms with van der Waals surface area (Å²) < 4.78 is 0. The summed E-state index contributed by atoms with van der Waals surface area (Å²) in [5.74, 6) is 1.71. The molecule has 12 heavy (non-hydrogen) atoms. The van der Waals surface area contributed by atoms with E-state index in [0.717, 1.165) is 24.8 Å². The maximum Gasteiger partial charge on any atom is 0.0165 e. The second kappa shape index (κ2) is 4.24. The van der Waals surface area contributed by atoms with E-state index in [9.17, 15) is 0 Å². The predicted molar refractivity (Wildman–Crippen MR) is 53.0 cm³/mol.